The highest BCUT2D eigenvalue weighted by molar-refractivity contribution is 6.61. The molecule has 0 aromatic heterocycles. The van der Waals surface area contributed by atoms with Gasteiger partial charge in [0.05, 0.1) is 6.61 Å². The van der Waals surface area contributed by atoms with Crippen LogP contribution in [0.1, 0.15) is 110 Å². The van der Waals surface area contributed by atoms with Crippen LogP contribution in [0.3, 0.4) is 0 Å². The second-order valence-electron chi connectivity index (χ2n) is 11.1. The van der Waals surface area contributed by atoms with E-state index in [1.807, 2.05) is 12.1 Å². The molecule has 2 aromatic rings. The molecule has 1 heterocycles. The third-order valence-corrected chi connectivity index (χ3v) is 7.73. The SMILES string of the molecule is CCCCCCCCCOc1ccc(-c2ccc(B3OCC(CCCCCCCCC)CO3)c(F)c2F)cc1. The third kappa shape index (κ3) is 10.9. The molecular formula is C33H49BF2O3. The first-order valence-electron chi connectivity index (χ1n) is 15.6. The molecule has 3 nitrogen and oxygen atoms in total. The van der Waals surface area contributed by atoms with Crippen LogP contribution in [-0.2, 0) is 9.31 Å². The van der Waals surface area contributed by atoms with Crippen LogP contribution in [0.5, 0.6) is 5.75 Å². The minimum absolute atomic E-state index is 0.125. The summed E-state index contributed by atoms with van der Waals surface area (Å²) in [6.45, 7) is 6.17. The van der Waals surface area contributed by atoms with Gasteiger partial charge < -0.3 is 14.0 Å². The molecule has 216 valence electrons. The summed E-state index contributed by atoms with van der Waals surface area (Å²) >= 11 is 0. The van der Waals surface area contributed by atoms with Crippen LogP contribution < -0.4 is 10.2 Å². The van der Waals surface area contributed by atoms with Crippen molar-refractivity contribution < 1.29 is 22.8 Å². The molecule has 0 N–H and O–H groups in total. The van der Waals surface area contributed by atoms with Crippen molar-refractivity contribution in [3.63, 3.8) is 0 Å². The molecule has 0 bridgehead atoms. The lowest BCUT2D eigenvalue weighted by atomic mass is 9.76. The van der Waals surface area contributed by atoms with Crippen LogP contribution in [-0.4, -0.2) is 26.9 Å². The zero-order valence-corrected chi connectivity index (χ0v) is 24.3. The molecule has 0 radical (unpaired) electrons. The van der Waals surface area contributed by atoms with Crippen LogP contribution in [0.2, 0.25) is 0 Å². The first kappa shape index (κ1) is 31.6. The van der Waals surface area contributed by atoms with E-state index in [1.54, 1.807) is 24.3 Å². The van der Waals surface area contributed by atoms with Crippen molar-refractivity contribution in [3.8, 4) is 16.9 Å². The van der Waals surface area contributed by atoms with Crippen LogP contribution in [0.15, 0.2) is 36.4 Å². The van der Waals surface area contributed by atoms with Crippen LogP contribution >= 0.6 is 0 Å². The Bertz CT molecular complexity index is 929. The van der Waals surface area contributed by atoms with E-state index in [0.717, 1.165) is 25.0 Å². The summed E-state index contributed by atoms with van der Waals surface area (Å²) in [6.07, 6.45) is 18.6. The van der Waals surface area contributed by atoms with Gasteiger partial charge in [0.25, 0.3) is 0 Å². The lowest BCUT2D eigenvalue weighted by molar-refractivity contribution is 0.0806. The van der Waals surface area contributed by atoms with E-state index >= 15 is 8.78 Å². The highest BCUT2D eigenvalue weighted by atomic mass is 19.2. The molecule has 0 unspecified atom stereocenters. The second-order valence-corrected chi connectivity index (χ2v) is 11.1. The average Bonchev–Trinajstić information content (AvgIpc) is 2.96. The summed E-state index contributed by atoms with van der Waals surface area (Å²) in [5.74, 6) is -0.711. The van der Waals surface area contributed by atoms with E-state index in [0.29, 0.717) is 31.3 Å². The number of hydrogen-bond acceptors (Lipinski definition) is 3. The van der Waals surface area contributed by atoms with E-state index in [2.05, 4.69) is 13.8 Å². The molecule has 1 fully saturated rings. The summed E-state index contributed by atoms with van der Waals surface area (Å²) in [5.41, 5.74) is 0.962. The number of unbranched alkanes of at least 4 members (excludes halogenated alkanes) is 12. The zero-order valence-electron chi connectivity index (χ0n) is 24.3. The Morgan fingerprint density at radius 3 is 1.87 bits per heavy atom. The predicted molar refractivity (Wildman–Crippen MR) is 159 cm³/mol. The summed E-state index contributed by atoms with van der Waals surface area (Å²) in [7, 11) is -0.860. The number of hydrogen-bond donors (Lipinski definition) is 0. The summed E-state index contributed by atoms with van der Waals surface area (Å²) in [4.78, 5) is 0. The highest BCUT2D eigenvalue weighted by Gasteiger charge is 2.33. The maximum atomic E-state index is 15.1. The van der Waals surface area contributed by atoms with Crippen molar-refractivity contribution in [1.82, 2.24) is 0 Å². The molecule has 6 heteroatoms. The smallest absolute Gasteiger partial charge is 0.494 e. The van der Waals surface area contributed by atoms with E-state index in [4.69, 9.17) is 14.0 Å². The Labute approximate surface area is 236 Å². The fraction of sp³-hybridized carbons (Fsp3) is 0.636. The molecule has 1 saturated heterocycles. The zero-order chi connectivity index (χ0) is 27.7. The Balaban J connectivity index is 1.42. The van der Waals surface area contributed by atoms with E-state index in [-0.39, 0.29) is 11.0 Å². The molecule has 2 aromatic carbocycles. The van der Waals surface area contributed by atoms with Crippen LogP contribution in [0.25, 0.3) is 11.1 Å². The average molecular weight is 543 g/mol. The molecule has 0 atom stereocenters. The van der Waals surface area contributed by atoms with Crippen molar-refractivity contribution in [1.29, 1.82) is 0 Å². The predicted octanol–water partition coefficient (Wildman–Crippen LogP) is 9.26. The Morgan fingerprint density at radius 2 is 1.26 bits per heavy atom. The van der Waals surface area contributed by atoms with Crippen molar-refractivity contribution >= 4 is 12.6 Å². The first-order chi connectivity index (χ1) is 19.1. The summed E-state index contributed by atoms with van der Waals surface area (Å²) < 4.78 is 47.6. The lowest BCUT2D eigenvalue weighted by Gasteiger charge is -2.27. The molecule has 0 spiro atoms. The van der Waals surface area contributed by atoms with Crippen molar-refractivity contribution in [3.05, 3.63) is 48.0 Å². The maximum absolute atomic E-state index is 15.1. The highest BCUT2D eigenvalue weighted by Crippen LogP contribution is 2.27. The van der Waals surface area contributed by atoms with Gasteiger partial charge in [-0.05, 0) is 30.5 Å². The van der Waals surface area contributed by atoms with Gasteiger partial charge >= 0.3 is 7.12 Å². The lowest BCUT2D eigenvalue weighted by Crippen LogP contribution is -2.46. The molecule has 1 aliphatic heterocycles. The number of benzene rings is 2. The monoisotopic (exact) mass is 542 g/mol. The van der Waals surface area contributed by atoms with Gasteiger partial charge in [-0.25, -0.2) is 8.78 Å². The van der Waals surface area contributed by atoms with E-state index < -0.39 is 18.8 Å². The van der Waals surface area contributed by atoms with Gasteiger partial charge in [0, 0.05) is 30.2 Å². The van der Waals surface area contributed by atoms with Crippen molar-refractivity contribution in [2.45, 2.75) is 110 Å². The van der Waals surface area contributed by atoms with Gasteiger partial charge in [-0.3, -0.25) is 0 Å². The van der Waals surface area contributed by atoms with Gasteiger partial charge in [0.1, 0.15) is 5.75 Å². The van der Waals surface area contributed by atoms with Gasteiger partial charge in [-0.1, -0.05) is 122 Å². The Morgan fingerprint density at radius 1 is 0.692 bits per heavy atom. The summed E-state index contributed by atoms with van der Waals surface area (Å²) in [5, 5.41) is 0. The quantitative estimate of drug-likeness (QED) is 0.131. The van der Waals surface area contributed by atoms with Crippen LogP contribution in [0, 0.1) is 17.6 Å². The normalized spacial score (nSPS) is 14.2. The molecule has 0 saturated carbocycles. The fourth-order valence-electron chi connectivity index (χ4n) is 5.23. The second kappa shape index (κ2) is 18.4. The molecule has 39 heavy (non-hydrogen) atoms. The summed E-state index contributed by atoms with van der Waals surface area (Å²) in [6, 6.07) is 10.4. The Hall–Kier alpha value is -1.92. The molecule has 1 aliphatic rings. The fourth-order valence-corrected chi connectivity index (χ4v) is 5.23. The van der Waals surface area contributed by atoms with E-state index in [1.165, 1.54) is 77.0 Å². The topological polar surface area (TPSA) is 27.7 Å². The standard InChI is InChI=1S/C33H49BF2O3/c1-3-5-7-9-11-13-15-17-27-25-38-34(39-26-27)31-23-22-30(32(35)33(31)36)28-18-20-29(21-19-28)37-24-16-14-12-10-8-6-4-2/h18-23,27H,3-17,24-26H2,1-2H3. The number of ether oxygens (including phenoxy) is 1. The van der Waals surface area contributed by atoms with E-state index in [9.17, 15) is 0 Å². The molecule has 0 aliphatic carbocycles. The number of rotatable bonds is 19. The maximum Gasteiger partial charge on any atom is 0.497 e. The van der Waals surface area contributed by atoms with Gasteiger partial charge in [0.2, 0.25) is 0 Å². The van der Waals surface area contributed by atoms with Crippen molar-refractivity contribution in [2.24, 2.45) is 5.92 Å². The van der Waals surface area contributed by atoms with Crippen molar-refractivity contribution in [2.75, 3.05) is 19.8 Å². The minimum atomic E-state index is -0.901. The largest absolute Gasteiger partial charge is 0.497 e. The van der Waals surface area contributed by atoms with Crippen LogP contribution in [0.4, 0.5) is 8.78 Å². The molecule has 3 rings (SSSR count). The number of halogens is 2. The minimum Gasteiger partial charge on any atom is -0.494 e. The van der Waals surface area contributed by atoms with Gasteiger partial charge in [-0.15, -0.1) is 0 Å². The Kier molecular flexibility index (Phi) is 14.9. The third-order valence-electron chi connectivity index (χ3n) is 7.73. The molecule has 0 amide bonds. The van der Waals surface area contributed by atoms with Gasteiger partial charge in [0.15, 0.2) is 11.6 Å². The van der Waals surface area contributed by atoms with Gasteiger partial charge in [-0.2, -0.15) is 0 Å². The first-order valence-corrected chi connectivity index (χ1v) is 15.6. The molecular weight excluding hydrogens is 493 g/mol.